The summed E-state index contributed by atoms with van der Waals surface area (Å²) in [6.45, 7) is 8.20. The number of pyridine rings is 1. The highest BCUT2D eigenvalue weighted by atomic mass is 19.4. The van der Waals surface area contributed by atoms with Crippen molar-refractivity contribution >= 4 is 17.9 Å². The van der Waals surface area contributed by atoms with Gasteiger partial charge in [0.1, 0.15) is 0 Å². The minimum Gasteiger partial charge on any atom is -0.475 e. The topological polar surface area (TPSA) is 164 Å². The molecular weight excluding hydrogens is 655 g/mol. The van der Waals surface area contributed by atoms with Gasteiger partial charge in [-0.25, -0.2) is 14.4 Å². The lowest BCUT2D eigenvalue weighted by molar-refractivity contribution is -0.193. The third-order valence-corrected chi connectivity index (χ3v) is 6.04. The minimum absolute atomic E-state index is 0.00428. The summed E-state index contributed by atoms with van der Waals surface area (Å²) in [5, 5.41) is 25.7. The predicted octanol–water partition coefficient (Wildman–Crippen LogP) is 4.01. The van der Waals surface area contributed by atoms with Crippen molar-refractivity contribution in [1.82, 2.24) is 19.7 Å². The maximum atomic E-state index is 10.6. The number of halogens is 9. The van der Waals surface area contributed by atoms with Gasteiger partial charge in [0.2, 0.25) is 0 Å². The summed E-state index contributed by atoms with van der Waals surface area (Å²) < 4.78 is 109. The van der Waals surface area contributed by atoms with E-state index in [0.717, 1.165) is 51.4 Å². The zero-order valence-corrected chi connectivity index (χ0v) is 23.8. The highest BCUT2D eigenvalue weighted by Crippen LogP contribution is 2.40. The maximum absolute atomic E-state index is 10.6. The van der Waals surface area contributed by atoms with Crippen molar-refractivity contribution in [2.24, 2.45) is 5.92 Å². The minimum atomic E-state index is -5.08. The van der Waals surface area contributed by atoms with E-state index in [-0.39, 0.29) is 5.60 Å². The summed E-state index contributed by atoms with van der Waals surface area (Å²) in [5.74, 6) is -7.79. The van der Waals surface area contributed by atoms with Gasteiger partial charge in [-0.3, -0.25) is 14.6 Å². The van der Waals surface area contributed by atoms with E-state index in [0.29, 0.717) is 12.5 Å². The number of carboxylic acids is 3. The summed E-state index contributed by atoms with van der Waals surface area (Å²) in [6, 6.07) is 4.00. The molecule has 0 aliphatic carbocycles. The summed E-state index contributed by atoms with van der Waals surface area (Å²) in [7, 11) is 0. The van der Waals surface area contributed by atoms with Crippen LogP contribution in [0, 0.1) is 5.92 Å². The van der Waals surface area contributed by atoms with Crippen molar-refractivity contribution in [3.8, 4) is 0 Å². The molecule has 0 aromatic carbocycles. The molecule has 4 heterocycles. The lowest BCUT2D eigenvalue weighted by Gasteiger charge is -2.50. The number of likely N-dealkylation sites (tertiary alicyclic amines) is 1. The smallest absolute Gasteiger partial charge is 0.475 e. The fourth-order valence-electron chi connectivity index (χ4n) is 3.91. The van der Waals surface area contributed by atoms with Gasteiger partial charge in [-0.15, -0.1) is 0 Å². The monoisotopic (exact) mass is 684 g/mol. The van der Waals surface area contributed by atoms with Gasteiger partial charge < -0.3 is 24.8 Å². The van der Waals surface area contributed by atoms with Crippen LogP contribution in [-0.4, -0.2) is 103 Å². The molecule has 0 saturated carbocycles. The van der Waals surface area contributed by atoms with Crippen LogP contribution in [0.3, 0.4) is 0 Å². The molecule has 0 bridgehead atoms. The summed E-state index contributed by atoms with van der Waals surface area (Å²) in [6.07, 6.45) is -6.40. The highest BCUT2D eigenvalue weighted by Gasteiger charge is 2.52. The van der Waals surface area contributed by atoms with Gasteiger partial charge in [-0.2, -0.15) is 44.6 Å². The van der Waals surface area contributed by atoms with Crippen LogP contribution in [0.5, 0.6) is 0 Å². The largest absolute Gasteiger partial charge is 0.490 e. The second-order valence-corrected chi connectivity index (χ2v) is 9.53. The SMILES string of the molecule is CCn1cc(CN2CC3(C2)OCCC3COCc2cccnc2)cn1.O=C(O)C(F)(F)F.O=C(O)C(F)(F)F.O=C(O)C(F)(F)F. The average molecular weight is 685 g/mol. The predicted molar refractivity (Wildman–Crippen MR) is 135 cm³/mol. The van der Waals surface area contributed by atoms with Crippen LogP contribution in [0.15, 0.2) is 36.9 Å². The number of aryl methyl sites for hydroxylation is 1. The van der Waals surface area contributed by atoms with Crippen molar-refractivity contribution in [3.63, 3.8) is 0 Å². The number of hydrogen-bond donors (Lipinski definition) is 3. The van der Waals surface area contributed by atoms with Crippen molar-refractivity contribution in [3.05, 3.63) is 48.0 Å². The Balaban J connectivity index is 0.000000413. The number of aromatic nitrogens is 3. The van der Waals surface area contributed by atoms with E-state index in [1.807, 2.05) is 23.1 Å². The van der Waals surface area contributed by atoms with Crippen molar-refractivity contribution in [2.75, 3.05) is 26.3 Å². The Morgan fingerprint density at radius 2 is 1.46 bits per heavy atom. The number of rotatable bonds is 7. The standard InChI is InChI=1S/C19H26N4O2.3C2HF3O2/c1-2-23-11-17(9-21-23)10-22-14-19(15-22)18(5-7-25-19)13-24-12-16-4-3-6-20-8-16;3*3-2(4,5)1(6)7/h3-4,6,8-9,11,18H,2,5,7,10,12-15H2,1H3;3*(H,6,7). The first-order valence-corrected chi connectivity index (χ1v) is 12.8. The molecule has 260 valence electrons. The molecule has 0 radical (unpaired) electrons. The van der Waals surface area contributed by atoms with Gasteiger partial charge in [-0.05, 0) is 25.0 Å². The van der Waals surface area contributed by atoms with E-state index in [1.165, 1.54) is 5.56 Å². The van der Waals surface area contributed by atoms with Crippen LogP contribution < -0.4 is 0 Å². The van der Waals surface area contributed by atoms with Crippen LogP contribution in [0.4, 0.5) is 39.5 Å². The third kappa shape index (κ3) is 14.0. The van der Waals surface area contributed by atoms with Gasteiger partial charge in [0, 0.05) is 62.9 Å². The van der Waals surface area contributed by atoms with Gasteiger partial charge in [0.25, 0.3) is 0 Å². The molecule has 12 nitrogen and oxygen atoms in total. The molecule has 2 aliphatic heterocycles. The van der Waals surface area contributed by atoms with E-state index < -0.39 is 36.4 Å². The number of carboxylic acid groups (broad SMARTS) is 3. The summed E-state index contributed by atoms with van der Waals surface area (Å²) in [4.78, 5) is 33.3. The third-order valence-electron chi connectivity index (χ3n) is 6.04. The quantitative estimate of drug-likeness (QED) is 0.361. The molecule has 0 amide bonds. The van der Waals surface area contributed by atoms with Gasteiger partial charge in [0.05, 0.1) is 25.0 Å². The lowest BCUT2D eigenvalue weighted by Crippen LogP contribution is -2.64. The zero-order chi connectivity index (χ0) is 35.3. The Bertz CT molecular complexity index is 1190. The number of alkyl halides is 9. The maximum Gasteiger partial charge on any atom is 0.490 e. The molecule has 4 rings (SSSR count). The van der Waals surface area contributed by atoms with Crippen LogP contribution in [-0.2, 0) is 43.6 Å². The van der Waals surface area contributed by atoms with Crippen LogP contribution in [0.25, 0.3) is 0 Å². The van der Waals surface area contributed by atoms with E-state index >= 15 is 0 Å². The average Bonchev–Trinajstić information content (AvgIpc) is 3.56. The van der Waals surface area contributed by atoms with E-state index in [1.54, 1.807) is 6.20 Å². The molecule has 1 spiro atoms. The first-order chi connectivity index (χ1) is 21.1. The molecule has 2 aliphatic rings. The van der Waals surface area contributed by atoms with Crippen molar-refractivity contribution in [2.45, 2.75) is 57.2 Å². The molecule has 1 atom stereocenters. The molecule has 1 unspecified atom stereocenters. The number of carbonyl (C=O) groups is 3. The van der Waals surface area contributed by atoms with E-state index in [9.17, 15) is 39.5 Å². The van der Waals surface area contributed by atoms with E-state index in [2.05, 4.69) is 34.2 Å². The number of nitrogens with zero attached hydrogens (tertiary/aromatic N) is 4. The number of ether oxygens (including phenoxy) is 2. The Labute approximate surface area is 254 Å². The molecular formula is C25H29F9N4O8. The van der Waals surface area contributed by atoms with Gasteiger partial charge in [0.15, 0.2) is 0 Å². The second-order valence-electron chi connectivity index (χ2n) is 9.53. The number of hydrogen-bond acceptors (Lipinski definition) is 8. The molecule has 46 heavy (non-hydrogen) atoms. The van der Waals surface area contributed by atoms with Crippen LogP contribution >= 0.6 is 0 Å². The van der Waals surface area contributed by atoms with Gasteiger partial charge >= 0.3 is 36.4 Å². The molecule has 21 heteroatoms. The first-order valence-electron chi connectivity index (χ1n) is 12.8. The number of aliphatic carboxylic acids is 3. The second kappa shape index (κ2) is 17.1. The highest BCUT2D eigenvalue weighted by molar-refractivity contribution is 5.73. The van der Waals surface area contributed by atoms with Crippen molar-refractivity contribution in [1.29, 1.82) is 0 Å². The van der Waals surface area contributed by atoms with Gasteiger partial charge in [-0.1, -0.05) is 6.07 Å². The Hall–Kier alpha value is -3.98. The Morgan fingerprint density at radius 3 is 1.87 bits per heavy atom. The molecule has 2 fully saturated rings. The fraction of sp³-hybridized carbons (Fsp3) is 0.560. The Morgan fingerprint density at radius 1 is 0.935 bits per heavy atom. The zero-order valence-electron chi connectivity index (χ0n) is 23.8. The molecule has 2 aromatic rings. The first kappa shape index (κ1) is 40.0. The van der Waals surface area contributed by atoms with Crippen LogP contribution in [0.1, 0.15) is 24.5 Å². The Kier molecular flexibility index (Phi) is 14.9. The normalized spacial score (nSPS) is 17.3. The van der Waals surface area contributed by atoms with Crippen LogP contribution in [0.2, 0.25) is 0 Å². The molecule has 2 saturated heterocycles. The molecule has 3 N–H and O–H groups in total. The lowest BCUT2D eigenvalue weighted by atomic mass is 9.81. The van der Waals surface area contributed by atoms with E-state index in [4.69, 9.17) is 39.2 Å². The molecule has 2 aromatic heterocycles. The fourth-order valence-corrected chi connectivity index (χ4v) is 3.91. The van der Waals surface area contributed by atoms with Crippen molar-refractivity contribution < 1.29 is 78.7 Å². The summed E-state index contributed by atoms with van der Waals surface area (Å²) >= 11 is 0. The summed E-state index contributed by atoms with van der Waals surface area (Å²) in [5.41, 5.74) is 2.40.